The third kappa shape index (κ3) is 8.24. The Bertz CT molecular complexity index is 1390. The molecular formula is C27H35FN6O4S. The number of nitrogens with one attached hydrogen (secondary N) is 4. The lowest BCUT2D eigenvalue weighted by molar-refractivity contribution is 0.0541. The predicted octanol–water partition coefficient (Wildman–Crippen LogP) is 4.82. The van der Waals surface area contributed by atoms with Gasteiger partial charge in [0.15, 0.2) is 5.82 Å². The molecule has 1 fully saturated rings. The van der Waals surface area contributed by atoms with Crippen LogP contribution >= 0.6 is 0 Å². The maximum Gasteiger partial charge on any atom is 0.426 e. The van der Waals surface area contributed by atoms with E-state index < -0.39 is 27.5 Å². The van der Waals surface area contributed by atoms with Gasteiger partial charge in [-0.25, -0.2) is 32.7 Å². The summed E-state index contributed by atoms with van der Waals surface area (Å²) in [5.74, 6) is 1.05. The number of halogens is 1. The van der Waals surface area contributed by atoms with Crippen molar-refractivity contribution in [2.45, 2.75) is 57.0 Å². The van der Waals surface area contributed by atoms with Crippen molar-refractivity contribution < 1.29 is 22.3 Å². The predicted molar refractivity (Wildman–Crippen MR) is 148 cm³/mol. The number of fused-ring (bicyclic) bond motifs is 1. The van der Waals surface area contributed by atoms with Crippen LogP contribution < -0.4 is 20.9 Å². The quantitative estimate of drug-likeness (QED) is 0.275. The topological polar surface area (TPSA) is 134 Å². The molecule has 2 aromatic carbocycles. The van der Waals surface area contributed by atoms with Crippen LogP contribution in [0.15, 0.2) is 53.4 Å². The summed E-state index contributed by atoms with van der Waals surface area (Å²) in [6, 6.07) is 12.3. The zero-order valence-electron chi connectivity index (χ0n) is 22.3. The lowest BCUT2D eigenvalue weighted by atomic mass is 9.82. The number of rotatable bonds is 9. The van der Waals surface area contributed by atoms with E-state index in [1.54, 1.807) is 20.8 Å². The zero-order valence-corrected chi connectivity index (χ0v) is 23.1. The van der Waals surface area contributed by atoms with E-state index in [1.165, 1.54) is 12.1 Å². The second-order valence-corrected chi connectivity index (χ2v) is 12.5. The number of hydrogen-bond acceptors (Lipinski definition) is 8. The number of hydrazine groups is 1. The van der Waals surface area contributed by atoms with Gasteiger partial charge >= 0.3 is 6.09 Å². The molecule has 0 spiro atoms. The molecule has 1 heterocycles. The molecule has 12 heteroatoms. The van der Waals surface area contributed by atoms with Crippen LogP contribution in [0.25, 0.3) is 10.9 Å². The number of benzene rings is 2. The Labute approximate surface area is 228 Å². The fourth-order valence-electron chi connectivity index (χ4n) is 4.46. The van der Waals surface area contributed by atoms with Crippen molar-refractivity contribution in [3.05, 3.63) is 54.3 Å². The molecule has 1 aliphatic rings. The largest absolute Gasteiger partial charge is 0.443 e. The molecule has 4 N–H and O–H groups in total. The van der Waals surface area contributed by atoms with Gasteiger partial charge < -0.3 is 10.1 Å². The molecule has 210 valence electrons. The number of sulfonamides is 1. The van der Waals surface area contributed by atoms with Gasteiger partial charge in [-0.05, 0) is 94.7 Å². The van der Waals surface area contributed by atoms with Crippen LogP contribution in [0.1, 0.15) is 46.5 Å². The Balaban J connectivity index is 1.29. The van der Waals surface area contributed by atoms with Crippen molar-refractivity contribution in [2.75, 3.05) is 23.8 Å². The first-order chi connectivity index (χ1) is 18.5. The van der Waals surface area contributed by atoms with Crippen LogP contribution in [0, 0.1) is 17.7 Å². The van der Waals surface area contributed by atoms with Crippen molar-refractivity contribution in [3.8, 4) is 0 Å². The summed E-state index contributed by atoms with van der Waals surface area (Å²) >= 11 is 0. The summed E-state index contributed by atoms with van der Waals surface area (Å²) in [4.78, 5) is 21.3. The van der Waals surface area contributed by atoms with Crippen molar-refractivity contribution in [3.63, 3.8) is 0 Å². The molecule has 1 aliphatic carbocycles. The maximum absolute atomic E-state index is 13.1. The molecular weight excluding hydrogens is 523 g/mol. The summed E-state index contributed by atoms with van der Waals surface area (Å²) in [6.07, 6.45) is 3.05. The fraction of sp³-hybridized carbons (Fsp3) is 0.444. The lowest BCUT2D eigenvalue weighted by Crippen LogP contribution is -2.36. The molecule has 4 rings (SSSR count). The molecule has 0 bridgehead atoms. The monoisotopic (exact) mass is 558 g/mol. The minimum atomic E-state index is -3.66. The molecule has 0 radical (unpaired) electrons. The minimum absolute atomic E-state index is 0.0623. The highest BCUT2D eigenvalue weighted by Crippen LogP contribution is 2.29. The number of amides is 1. The van der Waals surface area contributed by atoms with E-state index >= 15 is 0 Å². The van der Waals surface area contributed by atoms with E-state index in [-0.39, 0.29) is 10.8 Å². The van der Waals surface area contributed by atoms with Crippen molar-refractivity contribution in [2.24, 2.45) is 11.8 Å². The standard InChI is InChI=1S/C27H35FN6O4S/c1-27(2,3)38-26(35)34-33-24-22-6-4-5-7-23(22)31-25(32-24)29-16-18-8-10-19(11-9-18)17-30-39(36,37)21-14-12-20(28)13-15-21/h4-7,12-15,18-19,30H,8-11,16-17H2,1-3H3,(H,34,35)(H2,29,31,32,33). The van der Waals surface area contributed by atoms with Crippen LogP contribution in [0.3, 0.4) is 0 Å². The molecule has 0 unspecified atom stereocenters. The highest BCUT2D eigenvalue weighted by atomic mass is 32.2. The van der Waals surface area contributed by atoms with Crippen LogP contribution in [-0.2, 0) is 14.8 Å². The number of carbonyl (C=O) groups is 1. The first-order valence-corrected chi connectivity index (χ1v) is 14.5. The third-order valence-corrected chi connectivity index (χ3v) is 7.93. The van der Waals surface area contributed by atoms with Crippen LogP contribution in [0.5, 0.6) is 0 Å². The fourth-order valence-corrected chi connectivity index (χ4v) is 5.58. The van der Waals surface area contributed by atoms with Crippen LogP contribution in [0.4, 0.5) is 21.0 Å². The molecule has 3 aromatic rings. The molecule has 1 amide bonds. The summed E-state index contributed by atoms with van der Waals surface area (Å²) in [7, 11) is -3.66. The van der Waals surface area contributed by atoms with Gasteiger partial charge in [-0.15, -0.1) is 0 Å². The second-order valence-electron chi connectivity index (χ2n) is 10.7. The molecule has 10 nitrogen and oxygen atoms in total. The van der Waals surface area contributed by atoms with Gasteiger partial charge in [-0.3, -0.25) is 5.43 Å². The normalized spacial score (nSPS) is 17.9. The van der Waals surface area contributed by atoms with Gasteiger partial charge in [0.25, 0.3) is 0 Å². The number of para-hydroxylation sites is 1. The lowest BCUT2D eigenvalue weighted by Gasteiger charge is -2.28. The van der Waals surface area contributed by atoms with Gasteiger partial charge in [0.05, 0.1) is 10.4 Å². The number of hydrogen-bond donors (Lipinski definition) is 4. The summed E-state index contributed by atoms with van der Waals surface area (Å²) < 4.78 is 46.0. The molecule has 1 saturated carbocycles. The Morgan fingerprint density at radius 1 is 0.974 bits per heavy atom. The van der Waals surface area contributed by atoms with Gasteiger partial charge in [-0.1, -0.05) is 12.1 Å². The van der Waals surface area contributed by atoms with Gasteiger partial charge in [0, 0.05) is 18.5 Å². The molecule has 0 saturated heterocycles. The van der Waals surface area contributed by atoms with Gasteiger partial charge in [-0.2, -0.15) is 4.98 Å². The number of carbonyl (C=O) groups excluding carboxylic acids is 1. The van der Waals surface area contributed by atoms with E-state index in [0.717, 1.165) is 48.7 Å². The van der Waals surface area contributed by atoms with Crippen molar-refractivity contribution in [1.82, 2.24) is 20.1 Å². The summed E-state index contributed by atoms with van der Waals surface area (Å²) in [5.41, 5.74) is 5.47. The number of nitrogens with zero attached hydrogens (tertiary/aromatic N) is 2. The highest BCUT2D eigenvalue weighted by Gasteiger charge is 2.24. The zero-order chi connectivity index (χ0) is 28.0. The van der Waals surface area contributed by atoms with E-state index in [1.807, 2.05) is 24.3 Å². The van der Waals surface area contributed by atoms with E-state index in [9.17, 15) is 17.6 Å². The third-order valence-electron chi connectivity index (χ3n) is 6.49. The Kier molecular flexibility index (Phi) is 8.86. The number of ether oxygens (including phenoxy) is 1. The molecule has 0 aliphatic heterocycles. The smallest absolute Gasteiger partial charge is 0.426 e. The van der Waals surface area contributed by atoms with Crippen molar-refractivity contribution >= 4 is 38.8 Å². The highest BCUT2D eigenvalue weighted by molar-refractivity contribution is 7.89. The summed E-state index contributed by atoms with van der Waals surface area (Å²) in [6.45, 7) is 6.39. The number of aromatic nitrogens is 2. The Hall–Kier alpha value is -3.51. The van der Waals surface area contributed by atoms with Crippen LogP contribution in [-0.4, -0.2) is 43.2 Å². The van der Waals surface area contributed by atoms with Crippen LogP contribution in [0.2, 0.25) is 0 Å². The molecule has 39 heavy (non-hydrogen) atoms. The Morgan fingerprint density at radius 3 is 2.28 bits per heavy atom. The van der Waals surface area contributed by atoms with Gasteiger partial charge in [0.1, 0.15) is 11.4 Å². The maximum atomic E-state index is 13.1. The van der Waals surface area contributed by atoms with E-state index in [2.05, 4.69) is 30.9 Å². The first kappa shape index (κ1) is 28.5. The first-order valence-electron chi connectivity index (χ1n) is 13.0. The van der Waals surface area contributed by atoms with Gasteiger partial charge in [0.2, 0.25) is 16.0 Å². The number of anilines is 2. The Morgan fingerprint density at radius 2 is 1.62 bits per heavy atom. The van der Waals surface area contributed by atoms with Crippen molar-refractivity contribution in [1.29, 1.82) is 0 Å². The summed E-state index contributed by atoms with van der Waals surface area (Å²) in [5, 5.41) is 4.07. The van der Waals surface area contributed by atoms with E-state index in [4.69, 9.17) is 4.74 Å². The average molecular weight is 559 g/mol. The second kappa shape index (κ2) is 12.1. The SMILES string of the molecule is CC(C)(C)OC(=O)NNc1nc(NCC2CCC(CNS(=O)(=O)c3ccc(F)cc3)CC2)nc2ccccc12. The minimum Gasteiger partial charge on any atom is -0.443 e. The van der Waals surface area contributed by atoms with E-state index in [0.29, 0.717) is 30.8 Å². The molecule has 1 aromatic heterocycles. The molecule has 0 atom stereocenters. The average Bonchev–Trinajstić information content (AvgIpc) is 2.89.